The van der Waals surface area contributed by atoms with Crippen molar-refractivity contribution in [2.45, 2.75) is 56.3 Å². The number of para-hydroxylation sites is 1. The molecule has 1 aromatic carbocycles. The second kappa shape index (κ2) is 15.6. The predicted octanol–water partition coefficient (Wildman–Crippen LogP) is -2.42. The highest BCUT2D eigenvalue weighted by molar-refractivity contribution is 5.96. The third kappa shape index (κ3) is 10.4. The van der Waals surface area contributed by atoms with Crippen molar-refractivity contribution in [3.8, 4) is 0 Å². The van der Waals surface area contributed by atoms with Crippen molar-refractivity contribution >= 4 is 52.5 Å². The van der Waals surface area contributed by atoms with Crippen molar-refractivity contribution in [1.82, 2.24) is 20.9 Å². The quantitative estimate of drug-likeness (QED) is 0.0523. The van der Waals surface area contributed by atoms with Gasteiger partial charge in [0.05, 0.1) is 18.9 Å². The summed E-state index contributed by atoms with van der Waals surface area (Å²) in [4.78, 5) is 79.9. The zero-order valence-electron chi connectivity index (χ0n) is 22.4. The Labute approximate surface area is 238 Å². The van der Waals surface area contributed by atoms with E-state index in [4.69, 9.17) is 22.3 Å². The summed E-state index contributed by atoms with van der Waals surface area (Å²) < 4.78 is 0. The zero-order valence-corrected chi connectivity index (χ0v) is 22.4. The minimum absolute atomic E-state index is 0.107. The van der Waals surface area contributed by atoms with Crippen LogP contribution in [-0.4, -0.2) is 92.6 Å². The monoisotopic (exact) mass is 590 g/mol. The SMILES string of the molecule is NC(N)=NCCCC(N)C(=O)NC(CC(=O)O)C(=O)NC(Cc1c[nH]c2ccccc12)C(=O)NC(CC(=O)O)C(=O)O. The van der Waals surface area contributed by atoms with E-state index in [9.17, 15) is 39.0 Å². The van der Waals surface area contributed by atoms with Gasteiger partial charge in [0, 0.05) is 30.1 Å². The number of aliphatic imine (C=N–C) groups is 1. The molecule has 0 spiro atoms. The second-order valence-corrected chi connectivity index (χ2v) is 9.34. The minimum atomic E-state index is -1.82. The summed E-state index contributed by atoms with van der Waals surface area (Å²) in [6, 6.07) is 0.899. The summed E-state index contributed by atoms with van der Waals surface area (Å²) in [5.74, 6) is -7.64. The van der Waals surface area contributed by atoms with Gasteiger partial charge in [0.15, 0.2) is 5.96 Å². The molecule has 228 valence electrons. The molecule has 0 saturated carbocycles. The van der Waals surface area contributed by atoms with Crippen LogP contribution in [0.15, 0.2) is 35.5 Å². The first-order chi connectivity index (χ1) is 19.8. The zero-order chi connectivity index (χ0) is 31.4. The van der Waals surface area contributed by atoms with Crippen molar-refractivity contribution in [2.75, 3.05) is 6.54 Å². The maximum absolute atomic E-state index is 13.2. The van der Waals surface area contributed by atoms with Gasteiger partial charge in [0.25, 0.3) is 0 Å². The van der Waals surface area contributed by atoms with Gasteiger partial charge in [-0.25, -0.2) is 4.79 Å². The Morgan fingerprint density at radius 2 is 1.40 bits per heavy atom. The number of rotatable bonds is 17. The summed E-state index contributed by atoms with van der Waals surface area (Å²) >= 11 is 0. The van der Waals surface area contributed by atoms with Gasteiger partial charge >= 0.3 is 17.9 Å². The van der Waals surface area contributed by atoms with Crippen molar-refractivity contribution in [2.24, 2.45) is 22.2 Å². The van der Waals surface area contributed by atoms with E-state index in [1.54, 1.807) is 30.5 Å². The highest BCUT2D eigenvalue weighted by Gasteiger charge is 2.32. The van der Waals surface area contributed by atoms with E-state index in [2.05, 4.69) is 25.9 Å². The third-order valence-corrected chi connectivity index (χ3v) is 6.04. The molecular formula is C25H34N8O9. The number of carboxylic acids is 3. The molecule has 13 N–H and O–H groups in total. The number of fused-ring (bicyclic) bond motifs is 1. The molecule has 42 heavy (non-hydrogen) atoms. The van der Waals surface area contributed by atoms with Gasteiger partial charge in [-0.15, -0.1) is 0 Å². The number of aromatic nitrogens is 1. The lowest BCUT2D eigenvalue weighted by molar-refractivity contribution is -0.147. The molecule has 17 nitrogen and oxygen atoms in total. The van der Waals surface area contributed by atoms with Crippen LogP contribution in [0.5, 0.6) is 0 Å². The highest BCUT2D eigenvalue weighted by Crippen LogP contribution is 2.19. The topological polar surface area (TPSA) is 305 Å². The lowest BCUT2D eigenvalue weighted by atomic mass is 10.0. The fourth-order valence-corrected chi connectivity index (χ4v) is 3.96. The Hall–Kier alpha value is -5.19. The molecule has 0 aliphatic heterocycles. The fraction of sp³-hybridized carbons (Fsp3) is 0.400. The van der Waals surface area contributed by atoms with E-state index in [-0.39, 0.29) is 25.3 Å². The summed E-state index contributed by atoms with van der Waals surface area (Å²) in [6.07, 6.45) is -0.00396. The number of nitrogens with one attached hydrogen (secondary N) is 4. The van der Waals surface area contributed by atoms with Crippen LogP contribution in [0.25, 0.3) is 10.9 Å². The minimum Gasteiger partial charge on any atom is -0.481 e. The van der Waals surface area contributed by atoms with Gasteiger partial charge < -0.3 is 53.5 Å². The second-order valence-electron chi connectivity index (χ2n) is 9.34. The molecule has 4 atom stereocenters. The molecule has 4 unspecified atom stereocenters. The molecule has 2 aromatic rings. The van der Waals surface area contributed by atoms with E-state index in [0.29, 0.717) is 22.9 Å². The van der Waals surface area contributed by atoms with Gasteiger partial charge in [0.1, 0.15) is 18.1 Å². The summed E-state index contributed by atoms with van der Waals surface area (Å²) in [7, 11) is 0. The Balaban J connectivity index is 2.27. The Bertz CT molecular complexity index is 1340. The van der Waals surface area contributed by atoms with Crippen LogP contribution in [-0.2, 0) is 35.2 Å². The lowest BCUT2D eigenvalue weighted by Crippen LogP contribution is -2.58. The number of H-pyrrole nitrogens is 1. The van der Waals surface area contributed by atoms with Gasteiger partial charge in [-0.1, -0.05) is 18.2 Å². The van der Waals surface area contributed by atoms with E-state index in [0.717, 1.165) is 0 Å². The summed E-state index contributed by atoms with van der Waals surface area (Å²) in [6.45, 7) is 0.187. The molecule has 0 saturated heterocycles. The summed E-state index contributed by atoms with van der Waals surface area (Å²) in [5.41, 5.74) is 17.6. The Morgan fingerprint density at radius 3 is 2.02 bits per heavy atom. The molecule has 0 fully saturated rings. The van der Waals surface area contributed by atoms with E-state index in [1.165, 1.54) is 0 Å². The van der Waals surface area contributed by atoms with Crippen LogP contribution < -0.4 is 33.2 Å². The first kappa shape index (κ1) is 33.0. The molecule has 17 heteroatoms. The molecule has 1 aromatic heterocycles. The third-order valence-electron chi connectivity index (χ3n) is 6.04. The average Bonchev–Trinajstić information content (AvgIpc) is 3.31. The number of carboxylic acid groups (broad SMARTS) is 3. The van der Waals surface area contributed by atoms with Gasteiger partial charge in [-0.2, -0.15) is 0 Å². The van der Waals surface area contributed by atoms with Crippen molar-refractivity contribution in [1.29, 1.82) is 0 Å². The molecule has 0 radical (unpaired) electrons. The predicted molar refractivity (Wildman–Crippen MR) is 148 cm³/mol. The van der Waals surface area contributed by atoms with Gasteiger partial charge in [-0.3, -0.25) is 29.0 Å². The van der Waals surface area contributed by atoms with E-state index >= 15 is 0 Å². The number of guanidine groups is 1. The van der Waals surface area contributed by atoms with Crippen molar-refractivity contribution < 1.29 is 44.1 Å². The lowest BCUT2D eigenvalue weighted by Gasteiger charge is -2.24. The van der Waals surface area contributed by atoms with Crippen LogP contribution >= 0.6 is 0 Å². The highest BCUT2D eigenvalue weighted by atomic mass is 16.4. The molecule has 3 amide bonds. The van der Waals surface area contributed by atoms with E-state index < -0.39 is 72.6 Å². The molecule has 0 aliphatic carbocycles. The number of hydrogen-bond acceptors (Lipinski definition) is 8. The maximum Gasteiger partial charge on any atom is 0.326 e. The molecule has 1 heterocycles. The number of carbonyl (C=O) groups excluding carboxylic acids is 3. The average molecular weight is 591 g/mol. The van der Waals surface area contributed by atoms with Crippen molar-refractivity contribution in [3.05, 3.63) is 36.0 Å². The Morgan fingerprint density at radius 1 is 0.833 bits per heavy atom. The molecular weight excluding hydrogens is 556 g/mol. The number of aromatic amines is 1. The van der Waals surface area contributed by atoms with Gasteiger partial charge in [-0.05, 0) is 24.5 Å². The number of nitrogens with two attached hydrogens (primary N) is 3. The first-order valence-corrected chi connectivity index (χ1v) is 12.7. The molecule has 0 aliphatic rings. The number of benzene rings is 1. The number of nitrogens with zero attached hydrogens (tertiary/aromatic N) is 1. The first-order valence-electron chi connectivity index (χ1n) is 12.7. The normalized spacial score (nSPS) is 13.6. The van der Waals surface area contributed by atoms with E-state index in [1.807, 2.05) is 0 Å². The standard InChI is InChI=1S/C25H34N8O9/c26-14(5-3-7-29-25(27)28)21(38)31-17(9-19(34)35)23(40)32-16(22(39)33-18(24(41)42)10-20(36)37)8-12-11-30-15-6-2-1-4-13(12)15/h1-2,4,6,11,14,16-18,30H,3,5,7-10,26H2,(H,31,38)(H,32,40)(H,33,39)(H,34,35)(H,36,37)(H,41,42)(H4,27,28,29). The maximum atomic E-state index is 13.2. The van der Waals surface area contributed by atoms with Gasteiger partial charge in [0.2, 0.25) is 17.7 Å². The van der Waals surface area contributed by atoms with Crippen LogP contribution in [0.1, 0.15) is 31.2 Å². The number of aliphatic carboxylic acids is 3. The molecule has 2 rings (SSSR count). The fourth-order valence-electron chi connectivity index (χ4n) is 3.96. The van der Waals surface area contributed by atoms with Crippen LogP contribution in [0.2, 0.25) is 0 Å². The number of hydrogen-bond donors (Lipinski definition) is 10. The molecule has 0 bridgehead atoms. The van der Waals surface area contributed by atoms with Crippen molar-refractivity contribution in [3.63, 3.8) is 0 Å². The number of carbonyl (C=O) groups is 6. The Kier molecular flexibility index (Phi) is 12.2. The smallest absolute Gasteiger partial charge is 0.326 e. The van der Waals surface area contributed by atoms with Crippen LogP contribution in [0.4, 0.5) is 0 Å². The van der Waals surface area contributed by atoms with Crippen LogP contribution in [0.3, 0.4) is 0 Å². The van der Waals surface area contributed by atoms with Crippen LogP contribution in [0, 0.1) is 0 Å². The summed E-state index contributed by atoms with van der Waals surface area (Å²) in [5, 5.41) is 35.1. The largest absolute Gasteiger partial charge is 0.481 e. The number of amides is 3.